The van der Waals surface area contributed by atoms with Crippen LogP contribution in [0.4, 0.5) is 0 Å². The first-order valence-electron chi connectivity index (χ1n) is 8.04. The van der Waals surface area contributed by atoms with Crippen LogP contribution in [0, 0.1) is 35.5 Å². The number of ether oxygens (including phenoxy) is 2. The van der Waals surface area contributed by atoms with E-state index >= 15 is 0 Å². The molecule has 0 spiro atoms. The van der Waals surface area contributed by atoms with Gasteiger partial charge in [-0.2, -0.15) is 0 Å². The highest BCUT2D eigenvalue weighted by Crippen LogP contribution is 2.12. The lowest BCUT2D eigenvalue weighted by Crippen LogP contribution is -2.22. The monoisotopic (exact) mass is 286 g/mol. The molecule has 1 aliphatic heterocycles. The first kappa shape index (κ1) is 17.7. The number of rotatable bonds is 5. The Morgan fingerprint density at radius 1 is 0.952 bits per heavy atom. The molecule has 0 unspecified atom stereocenters. The third-order valence-corrected chi connectivity index (χ3v) is 3.11. The van der Waals surface area contributed by atoms with E-state index in [2.05, 4.69) is 42.4 Å². The average molecular weight is 286 g/mol. The lowest BCUT2D eigenvalue weighted by atomic mass is 10.2. The number of hydrogen-bond donors (Lipinski definition) is 0. The third kappa shape index (κ3) is 11.0. The van der Waals surface area contributed by atoms with Crippen molar-refractivity contribution in [3.05, 3.63) is 0 Å². The Labute approximate surface area is 130 Å². The summed E-state index contributed by atoms with van der Waals surface area (Å²) in [5, 5.41) is 0. The highest BCUT2D eigenvalue weighted by molar-refractivity contribution is 5.16. The van der Waals surface area contributed by atoms with E-state index in [1.54, 1.807) is 0 Å². The van der Waals surface area contributed by atoms with E-state index in [4.69, 9.17) is 9.47 Å². The minimum absolute atomic E-state index is 0.0536. The number of hydrogen-bond acceptors (Lipinski definition) is 2. The van der Waals surface area contributed by atoms with Crippen molar-refractivity contribution in [3.63, 3.8) is 0 Å². The van der Waals surface area contributed by atoms with Crippen LogP contribution in [0.3, 0.4) is 0 Å². The Hall–Kier alpha value is -1.40. The molecule has 0 amide bonds. The summed E-state index contributed by atoms with van der Waals surface area (Å²) in [4.78, 5) is 0. The molecule has 0 radical (unpaired) electrons. The van der Waals surface area contributed by atoms with Crippen LogP contribution < -0.4 is 0 Å². The van der Waals surface area contributed by atoms with Crippen LogP contribution in [-0.4, -0.2) is 19.5 Å². The molecule has 0 bridgehead atoms. The smallest absolute Gasteiger partial charge is 0.158 e. The van der Waals surface area contributed by atoms with E-state index in [1.807, 2.05) is 0 Å². The van der Waals surface area contributed by atoms with Crippen molar-refractivity contribution in [2.75, 3.05) is 13.2 Å². The summed E-state index contributed by atoms with van der Waals surface area (Å²) in [5.41, 5.74) is 0. The van der Waals surface area contributed by atoms with Gasteiger partial charge in [0.1, 0.15) is 6.61 Å². The van der Waals surface area contributed by atoms with Crippen LogP contribution in [0.25, 0.3) is 0 Å². The standard InChI is InChI=1S/C19H26O2/c1-2-3-4-5-6-7-8-9-10-11-12-14-17-20-19-16-13-15-18-21-19/h19H,2-5,8,11,13,15-18H2,1H3/t19-/m1/s1. The van der Waals surface area contributed by atoms with Gasteiger partial charge < -0.3 is 9.47 Å². The molecule has 0 aliphatic carbocycles. The van der Waals surface area contributed by atoms with Crippen molar-refractivity contribution in [1.82, 2.24) is 0 Å². The van der Waals surface area contributed by atoms with Gasteiger partial charge >= 0.3 is 0 Å². The van der Waals surface area contributed by atoms with Crippen molar-refractivity contribution >= 4 is 0 Å². The van der Waals surface area contributed by atoms with Gasteiger partial charge in [0.25, 0.3) is 0 Å². The van der Waals surface area contributed by atoms with Crippen molar-refractivity contribution < 1.29 is 9.47 Å². The van der Waals surface area contributed by atoms with Gasteiger partial charge in [0.2, 0.25) is 0 Å². The summed E-state index contributed by atoms with van der Waals surface area (Å²) in [6.07, 6.45) is 9.21. The van der Waals surface area contributed by atoms with E-state index in [1.165, 1.54) is 25.7 Å². The molecule has 0 saturated carbocycles. The molecule has 0 aromatic rings. The van der Waals surface area contributed by atoms with Gasteiger partial charge in [0.15, 0.2) is 6.29 Å². The molecule has 2 nitrogen and oxygen atoms in total. The predicted octanol–water partition coefficient (Wildman–Crippen LogP) is 3.90. The van der Waals surface area contributed by atoms with E-state index in [0.717, 1.165) is 25.9 Å². The van der Waals surface area contributed by atoms with Gasteiger partial charge in [-0.05, 0) is 25.7 Å². The topological polar surface area (TPSA) is 18.5 Å². The number of unbranched alkanes of at least 4 members (excludes halogenated alkanes) is 3. The van der Waals surface area contributed by atoms with Gasteiger partial charge in [-0.25, -0.2) is 0 Å². The van der Waals surface area contributed by atoms with Crippen LogP contribution in [0.2, 0.25) is 0 Å². The Kier molecular flexibility index (Phi) is 11.4. The maximum absolute atomic E-state index is 5.51. The summed E-state index contributed by atoms with van der Waals surface area (Å²) in [6.45, 7) is 3.44. The fourth-order valence-electron chi connectivity index (χ4n) is 1.92. The van der Waals surface area contributed by atoms with E-state index < -0.39 is 0 Å². The first-order valence-corrected chi connectivity index (χ1v) is 8.04. The first-order chi connectivity index (χ1) is 10.4. The fourth-order valence-corrected chi connectivity index (χ4v) is 1.92. The van der Waals surface area contributed by atoms with E-state index in [-0.39, 0.29) is 6.29 Å². The van der Waals surface area contributed by atoms with Crippen molar-refractivity contribution in [3.8, 4) is 35.5 Å². The molecule has 1 saturated heterocycles. The summed E-state index contributed by atoms with van der Waals surface area (Å²) in [5.74, 6) is 18.2. The molecule has 1 aliphatic rings. The highest BCUT2D eigenvalue weighted by Gasteiger charge is 2.12. The molecular formula is C19H26O2. The van der Waals surface area contributed by atoms with Crippen LogP contribution >= 0.6 is 0 Å². The molecule has 114 valence electrons. The lowest BCUT2D eigenvalue weighted by molar-refractivity contribution is -0.154. The molecule has 21 heavy (non-hydrogen) atoms. The second-order valence-corrected chi connectivity index (χ2v) is 4.98. The maximum Gasteiger partial charge on any atom is 0.158 e. The second-order valence-electron chi connectivity index (χ2n) is 4.98. The van der Waals surface area contributed by atoms with E-state index in [9.17, 15) is 0 Å². The SMILES string of the molecule is CCCCCC#CCC#CCC#CCO[C@H]1CCCCO1. The Morgan fingerprint density at radius 3 is 2.43 bits per heavy atom. The van der Waals surface area contributed by atoms with Gasteiger partial charge in [0.05, 0.1) is 12.8 Å². The summed E-state index contributed by atoms with van der Waals surface area (Å²) < 4.78 is 11.0. The highest BCUT2D eigenvalue weighted by atomic mass is 16.7. The van der Waals surface area contributed by atoms with Crippen LogP contribution in [0.5, 0.6) is 0 Å². The average Bonchev–Trinajstić information content (AvgIpc) is 2.53. The summed E-state index contributed by atoms with van der Waals surface area (Å²) in [7, 11) is 0. The molecule has 1 atom stereocenters. The Bertz CT molecular complexity index is 427. The summed E-state index contributed by atoms with van der Waals surface area (Å²) in [6, 6.07) is 0. The van der Waals surface area contributed by atoms with Gasteiger partial charge in [0, 0.05) is 13.0 Å². The predicted molar refractivity (Wildman–Crippen MR) is 86.2 cm³/mol. The molecular weight excluding hydrogens is 260 g/mol. The zero-order valence-electron chi connectivity index (χ0n) is 13.2. The van der Waals surface area contributed by atoms with Crippen molar-refractivity contribution in [2.24, 2.45) is 0 Å². The zero-order chi connectivity index (χ0) is 15.0. The Balaban J connectivity index is 1.98. The molecule has 0 aromatic heterocycles. The molecule has 0 N–H and O–H groups in total. The molecule has 2 heteroatoms. The van der Waals surface area contributed by atoms with Crippen LogP contribution in [-0.2, 0) is 9.47 Å². The molecule has 0 aromatic carbocycles. The van der Waals surface area contributed by atoms with Gasteiger partial charge in [-0.3, -0.25) is 0 Å². The Morgan fingerprint density at radius 2 is 1.71 bits per heavy atom. The quantitative estimate of drug-likeness (QED) is 0.564. The molecule has 1 heterocycles. The van der Waals surface area contributed by atoms with Crippen molar-refractivity contribution in [2.45, 2.75) is 71.0 Å². The van der Waals surface area contributed by atoms with Gasteiger partial charge in [-0.1, -0.05) is 49.4 Å². The second kappa shape index (κ2) is 13.6. The van der Waals surface area contributed by atoms with Crippen LogP contribution in [0.1, 0.15) is 64.7 Å². The molecule has 1 rings (SSSR count). The largest absolute Gasteiger partial charge is 0.353 e. The normalized spacial score (nSPS) is 16.7. The third-order valence-electron chi connectivity index (χ3n) is 3.11. The summed E-state index contributed by atoms with van der Waals surface area (Å²) >= 11 is 0. The zero-order valence-corrected chi connectivity index (χ0v) is 13.2. The maximum atomic E-state index is 5.51. The van der Waals surface area contributed by atoms with Gasteiger partial charge in [-0.15, -0.1) is 5.92 Å². The molecule has 1 fully saturated rings. The minimum Gasteiger partial charge on any atom is -0.353 e. The fraction of sp³-hybridized carbons (Fsp3) is 0.684. The minimum atomic E-state index is -0.0536. The van der Waals surface area contributed by atoms with E-state index in [0.29, 0.717) is 19.4 Å². The van der Waals surface area contributed by atoms with Crippen molar-refractivity contribution in [1.29, 1.82) is 0 Å². The lowest BCUT2D eigenvalue weighted by Gasteiger charge is -2.21. The van der Waals surface area contributed by atoms with Crippen LogP contribution in [0.15, 0.2) is 0 Å².